The van der Waals surface area contributed by atoms with Gasteiger partial charge in [0.05, 0.1) is 25.5 Å². The highest BCUT2D eigenvalue weighted by molar-refractivity contribution is 6.06. The molecule has 0 aliphatic carbocycles. The highest BCUT2D eigenvalue weighted by atomic mass is 16.5. The van der Waals surface area contributed by atoms with Crippen molar-refractivity contribution in [3.05, 3.63) is 35.9 Å². The normalized spacial score (nSPS) is 21.7. The number of aliphatic imine (C=N–C) groups is 1. The van der Waals surface area contributed by atoms with E-state index >= 15 is 0 Å². The summed E-state index contributed by atoms with van der Waals surface area (Å²) in [5.41, 5.74) is 15.3. The fraction of sp³-hybridized carbons (Fsp3) is 0.308. The van der Waals surface area contributed by atoms with Crippen LogP contribution >= 0.6 is 0 Å². The number of hydrogen-bond acceptors (Lipinski definition) is 5. The first-order valence-corrected chi connectivity index (χ1v) is 5.73. The minimum Gasteiger partial charge on any atom is -0.399 e. The monoisotopic (exact) mass is 247 g/mol. The summed E-state index contributed by atoms with van der Waals surface area (Å²) >= 11 is 0. The van der Waals surface area contributed by atoms with Crippen LogP contribution in [0.3, 0.4) is 0 Å². The van der Waals surface area contributed by atoms with Gasteiger partial charge in [0.15, 0.2) is 0 Å². The molecule has 5 nitrogen and oxygen atoms in total. The Morgan fingerprint density at radius 1 is 1.44 bits per heavy atom. The quantitative estimate of drug-likeness (QED) is 0.692. The van der Waals surface area contributed by atoms with E-state index in [1.54, 1.807) is 18.2 Å². The molecule has 1 fully saturated rings. The highest BCUT2D eigenvalue weighted by Crippen LogP contribution is 2.33. The summed E-state index contributed by atoms with van der Waals surface area (Å²) in [6.45, 7) is 4.65. The molecule has 2 rings (SSSR count). The number of rotatable bonds is 3. The Labute approximate surface area is 106 Å². The van der Waals surface area contributed by atoms with Crippen molar-refractivity contribution in [2.24, 2.45) is 4.99 Å². The van der Waals surface area contributed by atoms with Crippen molar-refractivity contribution in [1.82, 2.24) is 0 Å². The third kappa shape index (κ3) is 2.37. The lowest BCUT2D eigenvalue weighted by molar-refractivity contribution is 0.143. The first-order valence-electron chi connectivity index (χ1n) is 5.73. The molecule has 0 radical (unpaired) electrons. The molecular weight excluding hydrogens is 230 g/mol. The fourth-order valence-corrected chi connectivity index (χ4v) is 1.94. The predicted octanol–water partition coefficient (Wildman–Crippen LogP) is 0.912. The van der Waals surface area contributed by atoms with E-state index < -0.39 is 0 Å². The van der Waals surface area contributed by atoms with E-state index in [1.165, 1.54) is 0 Å². The van der Waals surface area contributed by atoms with Crippen molar-refractivity contribution in [1.29, 1.82) is 0 Å². The van der Waals surface area contributed by atoms with Crippen molar-refractivity contribution in [3.8, 4) is 0 Å². The molecule has 1 aromatic rings. The number of nitrogens with zero attached hydrogens (tertiary/aromatic N) is 1. The Morgan fingerprint density at radius 3 is 2.94 bits per heavy atom. The maximum atomic E-state index is 8.85. The second-order valence-corrected chi connectivity index (χ2v) is 4.17. The van der Waals surface area contributed by atoms with E-state index in [4.69, 9.17) is 21.3 Å². The van der Waals surface area contributed by atoms with Crippen molar-refractivity contribution in [3.63, 3.8) is 0 Å². The standard InChI is InChI=1S/C13H17N3O2/c1-8-7-18-13(12(8)16-4-5-17)10-6-9(14)2-3-11(10)15/h2-3,6,13,17H,1,4-5,7,14-15H2. The third-order valence-corrected chi connectivity index (χ3v) is 2.81. The van der Waals surface area contributed by atoms with Gasteiger partial charge in [0.1, 0.15) is 6.10 Å². The topological polar surface area (TPSA) is 93.9 Å². The molecule has 1 aliphatic rings. The maximum absolute atomic E-state index is 8.85. The second kappa shape index (κ2) is 5.20. The van der Waals surface area contributed by atoms with Crippen molar-refractivity contribution in [2.45, 2.75) is 6.10 Å². The lowest BCUT2D eigenvalue weighted by Crippen LogP contribution is -2.12. The van der Waals surface area contributed by atoms with Gasteiger partial charge in [-0.2, -0.15) is 0 Å². The number of aliphatic hydroxyl groups excluding tert-OH is 1. The van der Waals surface area contributed by atoms with E-state index in [2.05, 4.69) is 11.6 Å². The summed E-state index contributed by atoms with van der Waals surface area (Å²) in [5, 5.41) is 8.85. The molecule has 1 aromatic carbocycles. The van der Waals surface area contributed by atoms with Crippen LogP contribution < -0.4 is 11.5 Å². The Hall–Kier alpha value is -1.85. The molecule has 1 heterocycles. The summed E-state index contributed by atoms with van der Waals surface area (Å²) in [5.74, 6) is 0. The molecule has 0 saturated carbocycles. The highest BCUT2D eigenvalue weighted by Gasteiger charge is 2.29. The van der Waals surface area contributed by atoms with Gasteiger partial charge in [0, 0.05) is 16.9 Å². The van der Waals surface area contributed by atoms with Crippen LogP contribution in [-0.2, 0) is 4.74 Å². The molecule has 1 atom stereocenters. The first kappa shape index (κ1) is 12.6. The zero-order valence-corrected chi connectivity index (χ0v) is 10.1. The summed E-state index contributed by atoms with van der Waals surface area (Å²) in [7, 11) is 0. The van der Waals surface area contributed by atoms with Crippen LogP contribution in [0.4, 0.5) is 11.4 Å². The largest absolute Gasteiger partial charge is 0.399 e. The van der Waals surface area contributed by atoms with Crippen molar-refractivity contribution in [2.75, 3.05) is 31.2 Å². The number of benzene rings is 1. The molecule has 0 spiro atoms. The van der Waals surface area contributed by atoms with Gasteiger partial charge in [-0.15, -0.1) is 0 Å². The van der Waals surface area contributed by atoms with Crippen LogP contribution in [0.15, 0.2) is 35.3 Å². The van der Waals surface area contributed by atoms with Gasteiger partial charge in [-0.05, 0) is 23.8 Å². The van der Waals surface area contributed by atoms with E-state index in [9.17, 15) is 0 Å². The number of aliphatic hydroxyl groups is 1. The molecule has 5 heteroatoms. The van der Waals surface area contributed by atoms with Crippen molar-refractivity contribution < 1.29 is 9.84 Å². The third-order valence-electron chi connectivity index (χ3n) is 2.81. The van der Waals surface area contributed by atoms with Crippen LogP contribution in [0.1, 0.15) is 11.7 Å². The lowest BCUT2D eigenvalue weighted by Gasteiger charge is -2.14. The van der Waals surface area contributed by atoms with Crippen LogP contribution in [0, 0.1) is 0 Å². The van der Waals surface area contributed by atoms with Gasteiger partial charge in [0.2, 0.25) is 0 Å². The zero-order chi connectivity index (χ0) is 13.1. The lowest BCUT2D eigenvalue weighted by atomic mass is 10.0. The smallest absolute Gasteiger partial charge is 0.127 e. The molecule has 1 unspecified atom stereocenters. The Kier molecular flexibility index (Phi) is 3.64. The van der Waals surface area contributed by atoms with E-state index in [0.717, 1.165) is 16.8 Å². The van der Waals surface area contributed by atoms with Gasteiger partial charge in [-0.1, -0.05) is 6.58 Å². The molecule has 1 saturated heterocycles. The van der Waals surface area contributed by atoms with Crippen LogP contribution in [0.25, 0.3) is 0 Å². The molecule has 0 amide bonds. The second-order valence-electron chi connectivity index (χ2n) is 4.17. The molecule has 96 valence electrons. The van der Waals surface area contributed by atoms with Gasteiger partial charge in [0.25, 0.3) is 0 Å². The van der Waals surface area contributed by atoms with E-state index in [1.807, 2.05) is 0 Å². The molecular formula is C13H17N3O2. The molecule has 0 aromatic heterocycles. The SMILES string of the molecule is C=C1COC(c2cc(N)ccc2N)C1=NCCO. The Morgan fingerprint density at radius 2 is 2.22 bits per heavy atom. The summed E-state index contributed by atoms with van der Waals surface area (Å²) in [6.07, 6.45) is -0.340. The summed E-state index contributed by atoms with van der Waals surface area (Å²) in [6, 6.07) is 5.28. The van der Waals surface area contributed by atoms with Crippen molar-refractivity contribution >= 4 is 17.1 Å². The average molecular weight is 247 g/mol. The van der Waals surface area contributed by atoms with E-state index in [0.29, 0.717) is 24.5 Å². The number of nitrogens with two attached hydrogens (primary N) is 2. The minimum atomic E-state index is -0.340. The molecule has 5 N–H and O–H groups in total. The summed E-state index contributed by atoms with van der Waals surface area (Å²) < 4.78 is 5.65. The number of ether oxygens (including phenoxy) is 1. The van der Waals surface area contributed by atoms with Gasteiger partial charge >= 0.3 is 0 Å². The van der Waals surface area contributed by atoms with Crippen LogP contribution in [0.5, 0.6) is 0 Å². The fourth-order valence-electron chi connectivity index (χ4n) is 1.94. The Bertz CT molecular complexity index is 497. The van der Waals surface area contributed by atoms with Gasteiger partial charge < -0.3 is 21.3 Å². The zero-order valence-electron chi connectivity index (χ0n) is 10.1. The molecule has 0 bridgehead atoms. The maximum Gasteiger partial charge on any atom is 0.127 e. The Balaban J connectivity index is 2.37. The first-order chi connectivity index (χ1) is 8.63. The predicted molar refractivity (Wildman–Crippen MR) is 72.5 cm³/mol. The minimum absolute atomic E-state index is 0.00406. The molecule has 18 heavy (non-hydrogen) atoms. The molecule has 1 aliphatic heterocycles. The van der Waals surface area contributed by atoms with Gasteiger partial charge in [-0.25, -0.2) is 0 Å². The van der Waals surface area contributed by atoms with Crippen LogP contribution in [0.2, 0.25) is 0 Å². The van der Waals surface area contributed by atoms with E-state index in [-0.39, 0.29) is 12.7 Å². The average Bonchev–Trinajstić information content (AvgIpc) is 2.71. The number of hydrogen-bond donors (Lipinski definition) is 3. The number of anilines is 2. The number of nitrogen functional groups attached to an aromatic ring is 2. The summed E-state index contributed by atoms with van der Waals surface area (Å²) in [4.78, 5) is 4.30. The van der Waals surface area contributed by atoms with Gasteiger partial charge in [-0.3, -0.25) is 4.99 Å². The van der Waals surface area contributed by atoms with Crippen LogP contribution in [-0.4, -0.2) is 30.6 Å².